The van der Waals surface area contributed by atoms with Gasteiger partial charge in [-0.3, -0.25) is 0 Å². The molecule has 1 aliphatic carbocycles. The summed E-state index contributed by atoms with van der Waals surface area (Å²) in [6, 6.07) is 55.8. The van der Waals surface area contributed by atoms with Crippen molar-refractivity contribution in [2.75, 3.05) is 4.90 Å². The van der Waals surface area contributed by atoms with Gasteiger partial charge < -0.3 is 4.90 Å². The maximum atomic E-state index is 5.19. The van der Waals surface area contributed by atoms with Crippen molar-refractivity contribution in [2.45, 2.75) is 12.0 Å². The van der Waals surface area contributed by atoms with E-state index in [4.69, 9.17) is 15.0 Å². The second kappa shape index (κ2) is 12.0. The summed E-state index contributed by atoms with van der Waals surface area (Å²) in [5, 5.41) is 4.78. The summed E-state index contributed by atoms with van der Waals surface area (Å²) >= 11 is 0. The number of nitrogens with zero attached hydrogens (tertiary/aromatic N) is 4. The Morgan fingerprint density at radius 3 is 1.82 bits per heavy atom. The molecule has 0 fully saturated rings. The molecule has 7 aromatic carbocycles. The molecule has 10 rings (SSSR count). The standard InChI is InChI=1S/C47H32N4/c1-3-14-31(15-4-1)33-20-13-21-36(28-33)46-48-45(32-16-5-2-6-17-32)49-47(50-46)40-26-27-43(38-23-10-9-22-37(38)40)51-42-25-12-11-24-39(42)41-29-34-18-7-8-19-35(34)30-44(41)51/h1-30,39,42H. The lowest BCUT2D eigenvalue weighted by molar-refractivity contribution is 0.746. The van der Waals surface area contributed by atoms with Crippen molar-refractivity contribution in [3.05, 3.63) is 188 Å². The molecule has 0 amide bonds. The van der Waals surface area contributed by atoms with Crippen LogP contribution in [0.2, 0.25) is 0 Å². The molecule has 0 bridgehead atoms. The zero-order valence-corrected chi connectivity index (χ0v) is 27.8. The lowest BCUT2D eigenvalue weighted by atomic mass is 9.90. The zero-order valence-electron chi connectivity index (χ0n) is 27.8. The topological polar surface area (TPSA) is 41.9 Å². The van der Waals surface area contributed by atoms with Crippen LogP contribution in [0, 0.1) is 0 Å². The van der Waals surface area contributed by atoms with Crippen LogP contribution in [0.15, 0.2) is 182 Å². The van der Waals surface area contributed by atoms with Crippen LogP contribution in [0.3, 0.4) is 0 Å². The highest BCUT2D eigenvalue weighted by molar-refractivity contribution is 6.05. The van der Waals surface area contributed by atoms with E-state index >= 15 is 0 Å². The first-order valence-corrected chi connectivity index (χ1v) is 17.4. The predicted octanol–water partition coefficient (Wildman–Crippen LogP) is 11.6. The van der Waals surface area contributed by atoms with Gasteiger partial charge in [0.2, 0.25) is 0 Å². The minimum absolute atomic E-state index is 0.182. The fraction of sp³-hybridized carbons (Fsp3) is 0.0426. The van der Waals surface area contributed by atoms with Crippen LogP contribution in [0.25, 0.3) is 66.8 Å². The predicted molar refractivity (Wildman–Crippen MR) is 210 cm³/mol. The average Bonchev–Trinajstić information content (AvgIpc) is 3.53. The maximum Gasteiger partial charge on any atom is 0.164 e. The summed E-state index contributed by atoms with van der Waals surface area (Å²) < 4.78 is 0. The van der Waals surface area contributed by atoms with Gasteiger partial charge in [-0.25, -0.2) is 15.0 Å². The van der Waals surface area contributed by atoms with Gasteiger partial charge in [0.1, 0.15) is 0 Å². The number of anilines is 2. The molecule has 0 saturated heterocycles. The highest BCUT2D eigenvalue weighted by Gasteiger charge is 2.38. The van der Waals surface area contributed by atoms with Gasteiger partial charge in [0.15, 0.2) is 17.5 Å². The third kappa shape index (κ3) is 5.03. The highest BCUT2D eigenvalue weighted by atomic mass is 15.2. The summed E-state index contributed by atoms with van der Waals surface area (Å²) in [6.45, 7) is 0. The van der Waals surface area contributed by atoms with E-state index in [-0.39, 0.29) is 12.0 Å². The molecule has 2 aliphatic rings. The van der Waals surface area contributed by atoms with Gasteiger partial charge in [-0.15, -0.1) is 0 Å². The van der Waals surface area contributed by atoms with Crippen molar-refractivity contribution in [1.82, 2.24) is 15.0 Å². The summed E-state index contributed by atoms with van der Waals surface area (Å²) in [6.07, 6.45) is 9.05. The lowest BCUT2D eigenvalue weighted by Gasteiger charge is -2.30. The molecular formula is C47H32N4. The molecule has 2 unspecified atom stereocenters. The van der Waals surface area contributed by atoms with Crippen LogP contribution in [0.1, 0.15) is 11.5 Å². The van der Waals surface area contributed by atoms with Crippen LogP contribution < -0.4 is 4.90 Å². The summed E-state index contributed by atoms with van der Waals surface area (Å²) in [7, 11) is 0. The quantitative estimate of drug-likeness (QED) is 0.186. The molecular weight excluding hydrogens is 621 g/mol. The molecule has 0 spiro atoms. The molecule has 2 heterocycles. The molecule has 51 heavy (non-hydrogen) atoms. The van der Waals surface area contributed by atoms with Crippen LogP contribution in [0.4, 0.5) is 11.4 Å². The molecule has 1 aromatic heterocycles. The number of hydrogen-bond acceptors (Lipinski definition) is 4. The van der Waals surface area contributed by atoms with Gasteiger partial charge in [0.25, 0.3) is 0 Å². The largest absolute Gasteiger partial charge is 0.333 e. The summed E-state index contributed by atoms with van der Waals surface area (Å²) in [4.78, 5) is 17.9. The lowest BCUT2D eigenvalue weighted by Crippen LogP contribution is -2.28. The van der Waals surface area contributed by atoms with Crippen molar-refractivity contribution >= 4 is 32.9 Å². The normalized spacial score (nSPS) is 16.0. The number of fused-ring (bicyclic) bond motifs is 5. The Balaban J connectivity index is 1.15. The first kappa shape index (κ1) is 29.3. The van der Waals surface area contributed by atoms with E-state index < -0.39 is 0 Å². The Morgan fingerprint density at radius 2 is 1.02 bits per heavy atom. The Kier molecular flexibility index (Phi) is 6.91. The average molecular weight is 653 g/mol. The van der Waals surface area contributed by atoms with Crippen molar-refractivity contribution in [3.63, 3.8) is 0 Å². The molecule has 4 nitrogen and oxygen atoms in total. The Bertz CT molecular complexity index is 2660. The third-order valence-corrected chi connectivity index (χ3v) is 10.2. The molecule has 0 radical (unpaired) electrons. The Morgan fingerprint density at radius 1 is 0.412 bits per heavy atom. The van der Waals surface area contributed by atoms with Crippen molar-refractivity contribution < 1.29 is 0 Å². The van der Waals surface area contributed by atoms with E-state index in [1.54, 1.807) is 0 Å². The fourth-order valence-electron chi connectivity index (χ4n) is 7.80. The third-order valence-electron chi connectivity index (χ3n) is 10.2. The zero-order chi connectivity index (χ0) is 33.7. The number of allylic oxidation sites excluding steroid dienone is 2. The molecule has 2 atom stereocenters. The second-order valence-electron chi connectivity index (χ2n) is 13.2. The number of benzene rings is 7. The first-order chi connectivity index (χ1) is 25.3. The van der Waals surface area contributed by atoms with Gasteiger partial charge in [-0.05, 0) is 63.2 Å². The van der Waals surface area contributed by atoms with Crippen LogP contribution in [-0.2, 0) is 0 Å². The minimum Gasteiger partial charge on any atom is -0.333 e. The van der Waals surface area contributed by atoms with Gasteiger partial charge in [0.05, 0.1) is 6.04 Å². The van der Waals surface area contributed by atoms with Crippen molar-refractivity contribution in [1.29, 1.82) is 0 Å². The molecule has 1 aliphatic heterocycles. The van der Waals surface area contributed by atoms with Crippen LogP contribution in [-0.4, -0.2) is 21.0 Å². The van der Waals surface area contributed by atoms with Crippen molar-refractivity contribution in [3.8, 4) is 45.3 Å². The van der Waals surface area contributed by atoms with E-state index in [9.17, 15) is 0 Å². The smallest absolute Gasteiger partial charge is 0.164 e. The minimum atomic E-state index is 0.182. The van der Waals surface area contributed by atoms with Gasteiger partial charge in [-0.2, -0.15) is 0 Å². The van der Waals surface area contributed by atoms with E-state index in [1.807, 2.05) is 24.3 Å². The van der Waals surface area contributed by atoms with Gasteiger partial charge >= 0.3 is 0 Å². The van der Waals surface area contributed by atoms with Crippen LogP contribution in [0.5, 0.6) is 0 Å². The van der Waals surface area contributed by atoms with E-state index in [2.05, 4.69) is 163 Å². The first-order valence-electron chi connectivity index (χ1n) is 17.4. The highest BCUT2D eigenvalue weighted by Crippen LogP contribution is 2.51. The van der Waals surface area contributed by atoms with E-state index in [0.29, 0.717) is 17.5 Å². The maximum absolute atomic E-state index is 5.19. The number of hydrogen-bond donors (Lipinski definition) is 0. The molecule has 0 N–H and O–H groups in total. The molecule has 8 aromatic rings. The van der Waals surface area contributed by atoms with Gasteiger partial charge in [-0.1, -0.05) is 152 Å². The summed E-state index contributed by atoms with van der Waals surface area (Å²) in [5.41, 5.74) is 8.93. The second-order valence-corrected chi connectivity index (χ2v) is 13.2. The van der Waals surface area contributed by atoms with Crippen LogP contribution >= 0.6 is 0 Å². The number of rotatable bonds is 5. The number of aromatic nitrogens is 3. The van der Waals surface area contributed by atoms with Gasteiger partial charge in [0, 0.05) is 39.4 Å². The molecule has 0 saturated carbocycles. The SMILES string of the molecule is C1=CC2c3cc4ccccc4cc3N(c3ccc(-c4nc(-c5ccccc5)nc(-c5cccc(-c6ccccc6)c5)n4)c4ccccc34)C2C=C1. The summed E-state index contributed by atoms with van der Waals surface area (Å²) in [5.74, 6) is 2.22. The monoisotopic (exact) mass is 652 g/mol. The van der Waals surface area contributed by atoms with E-state index in [1.165, 1.54) is 27.7 Å². The molecule has 240 valence electrons. The Labute approximate surface area is 296 Å². The molecule has 4 heteroatoms. The Hall–Kier alpha value is -6.65. The fourth-order valence-corrected chi connectivity index (χ4v) is 7.80. The van der Waals surface area contributed by atoms with Crippen molar-refractivity contribution in [2.24, 2.45) is 0 Å². The van der Waals surface area contributed by atoms with E-state index in [0.717, 1.165) is 38.6 Å².